The van der Waals surface area contributed by atoms with Crippen LogP contribution in [0.25, 0.3) is 0 Å². The number of rotatable bonds is 4. The molecule has 0 amide bonds. The molecule has 0 spiro atoms. The number of cyclic esters (lactones) is 1. The molecule has 0 bridgehead atoms. The second-order valence-electron chi connectivity index (χ2n) is 8.76. The van der Waals surface area contributed by atoms with E-state index in [1.54, 1.807) is 0 Å². The van der Waals surface area contributed by atoms with Gasteiger partial charge in [-0.25, -0.2) is 4.79 Å². The van der Waals surface area contributed by atoms with E-state index in [1.165, 1.54) is 10.4 Å². The molecule has 0 aliphatic carbocycles. The Hall–Kier alpha value is -1.91. The number of esters is 1. The Balaban J connectivity index is 2.23. The van der Waals surface area contributed by atoms with E-state index in [4.69, 9.17) is 9.16 Å². The van der Waals surface area contributed by atoms with Crippen LogP contribution in [0, 0.1) is 5.41 Å². The predicted molar refractivity (Wildman–Crippen MR) is 107 cm³/mol. The van der Waals surface area contributed by atoms with Gasteiger partial charge in [0.1, 0.15) is 0 Å². The fourth-order valence-electron chi connectivity index (χ4n) is 3.80. The van der Waals surface area contributed by atoms with E-state index in [2.05, 4.69) is 45.0 Å². The summed E-state index contributed by atoms with van der Waals surface area (Å²) in [5.74, 6) is -0.247. The molecule has 4 heteroatoms. The minimum absolute atomic E-state index is 0.158. The molecule has 0 N–H and O–H groups in total. The van der Waals surface area contributed by atoms with Crippen molar-refractivity contribution in [1.82, 2.24) is 0 Å². The number of hydrogen-bond donors (Lipinski definition) is 0. The first-order valence-corrected chi connectivity index (χ1v) is 11.0. The Kier molecular flexibility index (Phi) is 4.84. The number of benzene rings is 2. The van der Waals surface area contributed by atoms with Gasteiger partial charge in [0.2, 0.25) is 0 Å². The highest BCUT2D eigenvalue weighted by Gasteiger charge is 2.56. The zero-order valence-electron chi connectivity index (χ0n) is 16.3. The number of carbonyl (C=O) groups is 1. The highest BCUT2D eigenvalue weighted by Crippen LogP contribution is 2.41. The maximum atomic E-state index is 12.5. The molecule has 1 aliphatic rings. The molecule has 3 nitrogen and oxygen atoms in total. The summed E-state index contributed by atoms with van der Waals surface area (Å²) in [6.07, 6.45) is -0.561. The standard InChI is InChI=1S/C22H28O3Si/c1-21(2,3)26(17-12-8-6-9-13-17,18-14-10-7-11-15-18)25-19-20(23)24-16-22(19,4)5/h6-15,19H,16H2,1-5H3/t19-/m1/s1. The fraction of sp³-hybridized carbons (Fsp3) is 0.409. The lowest BCUT2D eigenvalue weighted by Crippen LogP contribution is -2.68. The summed E-state index contributed by atoms with van der Waals surface area (Å²) in [5.41, 5.74) is -0.343. The van der Waals surface area contributed by atoms with Crippen LogP contribution in [-0.2, 0) is 14.0 Å². The third-order valence-electron chi connectivity index (χ3n) is 5.22. The monoisotopic (exact) mass is 368 g/mol. The summed E-state index contributed by atoms with van der Waals surface area (Å²) in [5, 5.41) is 2.19. The van der Waals surface area contributed by atoms with Gasteiger partial charge in [0, 0.05) is 5.41 Å². The van der Waals surface area contributed by atoms with E-state index in [-0.39, 0.29) is 16.4 Å². The van der Waals surface area contributed by atoms with Gasteiger partial charge in [0.05, 0.1) is 6.61 Å². The molecule has 1 saturated heterocycles. The lowest BCUT2D eigenvalue weighted by atomic mass is 9.90. The van der Waals surface area contributed by atoms with Gasteiger partial charge in [-0.3, -0.25) is 0 Å². The van der Waals surface area contributed by atoms with Crippen molar-refractivity contribution >= 4 is 24.7 Å². The minimum Gasteiger partial charge on any atom is -0.463 e. The number of hydrogen-bond acceptors (Lipinski definition) is 3. The van der Waals surface area contributed by atoms with Gasteiger partial charge in [-0.15, -0.1) is 0 Å². The van der Waals surface area contributed by atoms with E-state index in [9.17, 15) is 4.79 Å². The zero-order valence-corrected chi connectivity index (χ0v) is 17.3. The molecule has 0 radical (unpaired) electrons. The van der Waals surface area contributed by atoms with Crippen LogP contribution in [0.2, 0.25) is 5.04 Å². The molecule has 0 unspecified atom stereocenters. The van der Waals surface area contributed by atoms with Crippen LogP contribution in [-0.4, -0.2) is 27.0 Å². The minimum atomic E-state index is -2.75. The molecular weight excluding hydrogens is 340 g/mol. The van der Waals surface area contributed by atoms with Crippen LogP contribution >= 0.6 is 0 Å². The van der Waals surface area contributed by atoms with Crippen LogP contribution in [0.5, 0.6) is 0 Å². The fourth-order valence-corrected chi connectivity index (χ4v) is 8.59. The molecule has 138 valence electrons. The molecule has 1 atom stereocenters. The van der Waals surface area contributed by atoms with Gasteiger partial charge in [0.15, 0.2) is 6.10 Å². The second kappa shape index (κ2) is 6.67. The Morgan fingerprint density at radius 3 is 1.77 bits per heavy atom. The molecule has 1 aliphatic heterocycles. The van der Waals surface area contributed by atoms with Crippen molar-refractivity contribution < 1.29 is 14.0 Å². The lowest BCUT2D eigenvalue weighted by Gasteiger charge is -2.45. The highest BCUT2D eigenvalue weighted by molar-refractivity contribution is 6.99. The van der Waals surface area contributed by atoms with Crippen LogP contribution in [0.4, 0.5) is 0 Å². The van der Waals surface area contributed by atoms with Gasteiger partial charge in [0.25, 0.3) is 8.32 Å². The second-order valence-corrected chi connectivity index (χ2v) is 13.0. The lowest BCUT2D eigenvalue weighted by molar-refractivity contribution is -0.144. The zero-order chi connectivity index (χ0) is 19.0. The van der Waals surface area contributed by atoms with Crippen molar-refractivity contribution in [3.63, 3.8) is 0 Å². The van der Waals surface area contributed by atoms with E-state index in [0.717, 1.165) is 0 Å². The van der Waals surface area contributed by atoms with E-state index in [1.807, 2.05) is 50.2 Å². The van der Waals surface area contributed by atoms with Gasteiger partial charge in [-0.05, 0) is 15.4 Å². The third kappa shape index (κ3) is 3.12. The molecule has 2 aromatic carbocycles. The van der Waals surface area contributed by atoms with Gasteiger partial charge < -0.3 is 9.16 Å². The van der Waals surface area contributed by atoms with Gasteiger partial charge in [-0.1, -0.05) is 95.3 Å². The maximum Gasteiger partial charge on any atom is 0.334 e. The van der Waals surface area contributed by atoms with Gasteiger partial charge >= 0.3 is 5.97 Å². The molecule has 26 heavy (non-hydrogen) atoms. The van der Waals surface area contributed by atoms with Crippen molar-refractivity contribution in [3.8, 4) is 0 Å². The molecule has 3 rings (SSSR count). The van der Waals surface area contributed by atoms with Crippen LogP contribution in [0.15, 0.2) is 60.7 Å². The average molecular weight is 369 g/mol. The first kappa shape index (κ1) is 18.9. The number of carbonyl (C=O) groups excluding carboxylic acids is 1. The molecule has 0 saturated carbocycles. The largest absolute Gasteiger partial charge is 0.463 e. The van der Waals surface area contributed by atoms with Crippen molar-refractivity contribution in [3.05, 3.63) is 60.7 Å². The summed E-state index contributed by atoms with van der Waals surface area (Å²) in [4.78, 5) is 12.5. The molecule has 1 fully saturated rings. The van der Waals surface area contributed by atoms with Crippen molar-refractivity contribution in [2.45, 2.75) is 45.8 Å². The molecule has 1 heterocycles. The van der Waals surface area contributed by atoms with Crippen molar-refractivity contribution in [2.24, 2.45) is 5.41 Å². The Labute approximate surface area is 157 Å². The summed E-state index contributed by atoms with van der Waals surface area (Å²) in [6, 6.07) is 20.8. The smallest absolute Gasteiger partial charge is 0.334 e. The summed E-state index contributed by atoms with van der Waals surface area (Å²) in [7, 11) is -2.75. The summed E-state index contributed by atoms with van der Waals surface area (Å²) >= 11 is 0. The predicted octanol–water partition coefficient (Wildman–Crippen LogP) is 3.51. The van der Waals surface area contributed by atoms with Crippen molar-refractivity contribution in [1.29, 1.82) is 0 Å². The van der Waals surface area contributed by atoms with Crippen LogP contribution < -0.4 is 10.4 Å². The SMILES string of the molecule is CC1(C)COC(=O)[C@H]1O[Si](c1ccccc1)(c1ccccc1)C(C)(C)C. The summed E-state index contributed by atoms with van der Waals surface area (Å²) in [6.45, 7) is 11.1. The molecule has 0 aromatic heterocycles. The van der Waals surface area contributed by atoms with E-state index < -0.39 is 14.4 Å². The van der Waals surface area contributed by atoms with Crippen molar-refractivity contribution in [2.75, 3.05) is 6.61 Å². The topological polar surface area (TPSA) is 35.5 Å². The maximum absolute atomic E-state index is 12.5. The Morgan fingerprint density at radius 2 is 1.42 bits per heavy atom. The van der Waals surface area contributed by atoms with E-state index in [0.29, 0.717) is 6.61 Å². The first-order valence-electron chi connectivity index (χ1n) is 9.14. The Bertz CT molecular complexity index is 723. The molecule has 2 aromatic rings. The molecular formula is C22H28O3Si. The third-order valence-corrected chi connectivity index (χ3v) is 10.2. The normalized spacial score (nSPS) is 20.0. The average Bonchev–Trinajstić information content (AvgIpc) is 2.86. The van der Waals surface area contributed by atoms with Gasteiger partial charge in [-0.2, -0.15) is 0 Å². The van der Waals surface area contributed by atoms with E-state index >= 15 is 0 Å². The van der Waals surface area contributed by atoms with Crippen LogP contribution in [0.3, 0.4) is 0 Å². The number of ether oxygens (including phenoxy) is 1. The Morgan fingerprint density at radius 1 is 0.962 bits per heavy atom. The van der Waals surface area contributed by atoms with Crippen LogP contribution in [0.1, 0.15) is 34.6 Å². The first-order chi connectivity index (χ1) is 12.2. The summed E-state index contributed by atoms with van der Waals surface area (Å²) < 4.78 is 12.3. The highest BCUT2D eigenvalue weighted by atomic mass is 28.4. The quantitative estimate of drug-likeness (QED) is 0.612.